The van der Waals surface area contributed by atoms with Crippen LogP contribution in [0.1, 0.15) is 99.3 Å². The Morgan fingerprint density at radius 2 is 1.59 bits per heavy atom. The summed E-state index contributed by atoms with van der Waals surface area (Å²) in [5.74, 6) is -2.90. The summed E-state index contributed by atoms with van der Waals surface area (Å²) in [5.41, 5.74) is 3.28. The number of piperidine rings is 1. The summed E-state index contributed by atoms with van der Waals surface area (Å²) in [6, 6.07) is -3.68. The number of carbonyl (C=O) groups excluding carboxylic acids is 5. The molecule has 44 heavy (non-hydrogen) atoms. The van der Waals surface area contributed by atoms with Crippen LogP contribution in [0.4, 0.5) is 4.79 Å². The second kappa shape index (κ2) is 13.3. The Labute approximate surface area is 262 Å². The Kier molecular flexibility index (Phi) is 10.8. The van der Waals surface area contributed by atoms with E-state index >= 15 is 0 Å². The Balaban J connectivity index is 1.87. The number of primary amides is 1. The van der Waals surface area contributed by atoms with Gasteiger partial charge < -0.3 is 26.6 Å². The number of amides is 5. The van der Waals surface area contributed by atoms with E-state index in [0.29, 0.717) is 25.7 Å². The predicted molar refractivity (Wildman–Crippen MR) is 167 cm³/mol. The molecule has 0 bridgehead atoms. The highest BCUT2D eigenvalue weighted by molar-refractivity contribution is 7.90. The second-order valence-electron chi connectivity index (χ2n) is 15.4. The molecule has 2 unspecified atom stereocenters. The van der Waals surface area contributed by atoms with Gasteiger partial charge in [0.15, 0.2) is 0 Å². The molecule has 250 valence electrons. The van der Waals surface area contributed by atoms with Crippen molar-refractivity contribution in [3.05, 3.63) is 0 Å². The molecule has 2 saturated carbocycles. The fourth-order valence-corrected chi connectivity index (χ4v) is 7.94. The smallest absolute Gasteiger partial charge is 0.315 e. The summed E-state index contributed by atoms with van der Waals surface area (Å²) in [6.45, 7) is 11.7. The van der Waals surface area contributed by atoms with E-state index in [9.17, 15) is 32.4 Å². The molecule has 0 aromatic heterocycles. The summed E-state index contributed by atoms with van der Waals surface area (Å²) < 4.78 is 24.5. The number of ketones is 1. The molecule has 0 aromatic carbocycles. The van der Waals surface area contributed by atoms with Gasteiger partial charge in [-0.25, -0.2) is 13.2 Å². The van der Waals surface area contributed by atoms with Gasteiger partial charge in [-0.3, -0.25) is 19.2 Å². The Morgan fingerprint density at radius 1 is 1.00 bits per heavy atom. The van der Waals surface area contributed by atoms with E-state index in [1.54, 1.807) is 0 Å². The molecule has 3 aliphatic rings. The Bertz CT molecular complexity index is 1230. The average molecular weight is 640 g/mol. The molecular formula is C31H53N5O7S. The molecule has 5 amide bonds. The van der Waals surface area contributed by atoms with E-state index in [0.717, 1.165) is 38.4 Å². The van der Waals surface area contributed by atoms with E-state index in [1.165, 1.54) is 4.90 Å². The van der Waals surface area contributed by atoms with Gasteiger partial charge in [-0.15, -0.1) is 0 Å². The number of likely N-dealkylation sites (tertiary alicyclic amines) is 1. The van der Waals surface area contributed by atoms with Gasteiger partial charge in [-0.1, -0.05) is 73.6 Å². The molecule has 0 aromatic rings. The van der Waals surface area contributed by atoms with Crippen LogP contribution in [0.25, 0.3) is 0 Å². The maximum atomic E-state index is 14.3. The van der Waals surface area contributed by atoms with Crippen LogP contribution in [0.5, 0.6) is 0 Å². The lowest BCUT2D eigenvalue weighted by atomic mass is 9.71. The molecule has 1 heterocycles. The van der Waals surface area contributed by atoms with Crippen molar-refractivity contribution in [2.75, 3.05) is 18.6 Å². The van der Waals surface area contributed by atoms with E-state index < -0.39 is 68.5 Å². The molecule has 1 aliphatic heterocycles. The standard InChI is InChI=1S/C31H53N5O7S/c1-19-17-36(22(16-30(19,5)6)26(39)33-21(15-20-11-12-20)23(37)25(32)38)27(40)24(29(2,3)4)34-28(41)35-31(18-44(7,42)43)13-9-8-10-14-31/h19-22,24H,8-18H2,1-7H3,(H2,32,38)(H,33,39)(H2,34,35,41)/t19?,21?,22-,24+/m0/s1. The van der Waals surface area contributed by atoms with Gasteiger partial charge in [0.2, 0.25) is 17.6 Å². The average Bonchev–Trinajstić information content (AvgIpc) is 3.70. The van der Waals surface area contributed by atoms with Crippen molar-refractivity contribution in [3.63, 3.8) is 0 Å². The number of hydrogen-bond acceptors (Lipinski definition) is 7. The van der Waals surface area contributed by atoms with E-state index in [1.807, 2.05) is 41.5 Å². The molecule has 2 aliphatic carbocycles. The first-order chi connectivity index (χ1) is 20.1. The quantitative estimate of drug-likeness (QED) is 0.249. The minimum Gasteiger partial charge on any atom is -0.363 e. The third-order valence-electron chi connectivity index (χ3n) is 9.74. The summed E-state index contributed by atoms with van der Waals surface area (Å²) in [7, 11) is -3.39. The van der Waals surface area contributed by atoms with Gasteiger partial charge in [-0.2, -0.15) is 0 Å². The van der Waals surface area contributed by atoms with Crippen LogP contribution >= 0.6 is 0 Å². The first kappa shape index (κ1) is 35.8. The number of urea groups is 1. The van der Waals surface area contributed by atoms with E-state index in [-0.39, 0.29) is 29.5 Å². The van der Waals surface area contributed by atoms with Gasteiger partial charge in [0.05, 0.1) is 17.3 Å². The molecule has 1 saturated heterocycles. The number of rotatable bonds is 11. The molecule has 12 nitrogen and oxygen atoms in total. The number of sulfone groups is 1. The molecule has 0 spiro atoms. The maximum Gasteiger partial charge on any atom is 0.315 e. The summed E-state index contributed by atoms with van der Waals surface area (Å²) in [6.07, 6.45) is 7.17. The van der Waals surface area contributed by atoms with E-state index in [4.69, 9.17) is 5.73 Å². The number of nitrogens with zero attached hydrogens (tertiary/aromatic N) is 1. The lowest BCUT2D eigenvalue weighted by Gasteiger charge is -2.49. The highest BCUT2D eigenvalue weighted by Crippen LogP contribution is 2.40. The van der Waals surface area contributed by atoms with Crippen molar-refractivity contribution in [2.24, 2.45) is 28.4 Å². The van der Waals surface area contributed by atoms with Crippen molar-refractivity contribution >= 4 is 39.4 Å². The van der Waals surface area contributed by atoms with Crippen molar-refractivity contribution in [2.45, 2.75) is 123 Å². The zero-order valence-electron chi connectivity index (χ0n) is 27.5. The van der Waals surface area contributed by atoms with Crippen LogP contribution in [0.3, 0.4) is 0 Å². The van der Waals surface area contributed by atoms with Crippen LogP contribution in [-0.2, 0) is 29.0 Å². The molecule has 0 radical (unpaired) electrons. The minimum atomic E-state index is -3.39. The number of hydrogen-bond donors (Lipinski definition) is 4. The monoisotopic (exact) mass is 639 g/mol. The minimum absolute atomic E-state index is 0.0136. The predicted octanol–water partition coefficient (Wildman–Crippen LogP) is 2.05. The zero-order chi connectivity index (χ0) is 33.3. The van der Waals surface area contributed by atoms with Crippen molar-refractivity contribution in [1.82, 2.24) is 20.9 Å². The Morgan fingerprint density at radius 3 is 2.09 bits per heavy atom. The molecule has 3 fully saturated rings. The maximum absolute atomic E-state index is 14.3. The normalized spacial score (nSPS) is 24.8. The first-order valence-corrected chi connectivity index (χ1v) is 17.9. The zero-order valence-corrected chi connectivity index (χ0v) is 28.3. The van der Waals surface area contributed by atoms with Gasteiger partial charge in [0.25, 0.3) is 5.91 Å². The lowest BCUT2D eigenvalue weighted by molar-refractivity contribution is -0.151. The van der Waals surface area contributed by atoms with Gasteiger partial charge in [-0.05, 0) is 48.3 Å². The van der Waals surface area contributed by atoms with Crippen LogP contribution in [-0.4, -0.2) is 85.1 Å². The number of nitrogens with one attached hydrogen (secondary N) is 3. The molecular weight excluding hydrogens is 586 g/mol. The fourth-order valence-electron chi connectivity index (χ4n) is 6.57. The number of nitrogens with two attached hydrogens (primary N) is 1. The van der Waals surface area contributed by atoms with E-state index in [2.05, 4.69) is 16.0 Å². The third kappa shape index (κ3) is 9.40. The van der Waals surface area contributed by atoms with Crippen molar-refractivity contribution in [1.29, 1.82) is 0 Å². The third-order valence-corrected chi connectivity index (χ3v) is 10.8. The second-order valence-corrected chi connectivity index (χ2v) is 17.5. The highest BCUT2D eigenvalue weighted by atomic mass is 32.2. The van der Waals surface area contributed by atoms with Crippen molar-refractivity contribution in [3.8, 4) is 0 Å². The molecule has 4 atom stereocenters. The largest absolute Gasteiger partial charge is 0.363 e. The molecule has 13 heteroatoms. The van der Waals surface area contributed by atoms with Crippen LogP contribution in [0.2, 0.25) is 0 Å². The van der Waals surface area contributed by atoms with Crippen LogP contribution in [0.15, 0.2) is 0 Å². The van der Waals surface area contributed by atoms with Crippen LogP contribution < -0.4 is 21.7 Å². The summed E-state index contributed by atoms with van der Waals surface area (Å²) in [4.78, 5) is 67.4. The Hall–Kier alpha value is -2.70. The molecule has 5 N–H and O–H groups in total. The molecule has 3 rings (SSSR count). The van der Waals surface area contributed by atoms with Crippen LogP contribution in [0, 0.1) is 22.7 Å². The fraction of sp³-hybridized carbons (Fsp3) is 0.839. The van der Waals surface area contributed by atoms with Gasteiger partial charge >= 0.3 is 6.03 Å². The number of carbonyl (C=O) groups is 5. The van der Waals surface area contributed by atoms with Crippen molar-refractivity contribution < 1.29 is 32.4 Å². The van der Waals surface area contributed by atoms with Gasteiger partial charge in [0, 0.05) is 12.8 Å². The topological polar surface area (TPSA) is 185 Å². The number of Topliss-reactive ketones (excluding diaryl/α,β-unsaturated/α-hetero) is 1. The van der Waals surface area contributed by atoms with Gasteiger partial charge in [0.1, 0.15) is 21.9 Å². The highest BCUT2D eigenvalue weighted by Gasteiger charge is 2.48. The summed E-state index contributed by atoms with van der Waals surface area (Å²) in [5, 5.41) is 8.49. The first-order valence-electron chi connectivity index (χ1n) is 15.8. The lowest BCUT2D eigenvalue weighted by Crippen LogP contribution is -2.66. The summed E-state index contributed by atoms with van der Waals surface area (Å²) >= 11 is 0. The SMILES string of the molecule is CC1CN(C(=O)[C@@H](NC(=O)NC2(CS(C)(=O)=O)CCCCC2)C(C)(C)C)[C@H](C(=O)NC(CC2CC2)C(=O)C(N)=O)CC1(C)C.